The molecule has 3 amide bonds. The van der Waals surface area contributed by atoms with Crippen molar-refractivity contribution in [2.24, 2.45) is 0 Å². The molecule has 202 valence electrons. The number of benzene rings is 3. The Balaban J connectivity index is 1.40. The fraction of sp³-hybridized carbons (Fsp3) is 0.167. The summed E-state index contributed by atoms with van der Waals surface area (Å²) in [5, 5.41) is 5.35. The molecule has 1 aromatic heterocycles. The van der Waals surface area contributed by atoms with Gasteiger partial charge < -0.3 is 15.0 Å². The summed E-state index contributed by atoms with van der Waals surface area (Å²) >= 11 is 1.37. The lowest BCUT2D eigenvalue weighted by Crippen LogP contribution is -2.49. The molecule has 3 aromatic carbocycles. The van der Waals surface area contributed by atoms with Crippen LogP contribution in [0.4, 0.5) is 11.4 Å². The number of ketones is 1. The molecule has 1 N–H and O–H groups in total. The van der Waals surface area contributed by atoms with Crippen molar-refractivity contribution in [3.05, 3.63) is 94.8 Å². The summed E-state index contributed by atoms with van der Waals surface area (Å²) < 4.78 is 5.17. The summed E-state index contributed by atoms with van der Waals surface area (Å²) in [4.78, 5) is 59.5. The number of Topliss-reactive ketones (excluding diaryl/α,β-unsaturated/α-hetero) is 1. The van der Waals surface area contributed by atoms with Crippen LogP contribution in [-0.2, 0) is 20.9 Å². The van der Waals surface area contributed by atoms with Crippen molar-refractivity contribution < 1.29 is 23.9 Å². The average molecular weight is 555 g/mol. The Bertz CT molecular complexity index is 1570. The highest BCUT2D eigenvalue weighted by atomic mass is 32.1. The van der Waals surface area contributed by atoms with E-state index >= 15 is 0 Å². The Morgan fingerprint density at radius 3 is 2.42 bits per heavy atom. The quantitative estimate of drug-likeness (QED) is 0.307. The number of aromatic nitrogens is 1. The molecule has 5 rings (SSSR count). The zero-order valence-corrected chi connectivity index (χ0v) is 22.7. The van der Waals surface area contributed by atoms with Gasteiger partial charge in [-0.15, -0.1) is 11.3 Å². The van der Waals surface area contributed by atoms with E-state index in [4.69, 9.17) is 4.74 Å². The van der Waals surface area contributed by atoms with Crippen molar-refractivity contribution in [2.45, 2.75) is 19.5 Å². The number of methoxy groups -OCH3 is 1. The standard InChI is InChI=1S/C30H26N4O5S/c1-19(29(37)31-21-12-14-22(39-2)15-13-21)33(16-26-32-24(18-40-26)20-8-4-3-5-9-20)27(35)17-34-25-11-7-6-10-23(25)28(36)30(34)38/h3-15,18-19H,16-17H2,1-2H3,(H,31,37). The zero-order valence-electron chi connectivity index (χ0n) is 21.9. The highest BCUT2D eigenvalue weighted by Gasteiger charge is 2.38. The third-order valence-electron chi connectivity index (χ3n) is 6.62. The van der Waals surface area contributed by atoms with E-state index in [1.54, 1.807) is 62.6 Å². The second-order valence-electron chi connectivity index (χ2n) is 9.15. The number of thiazole rings is 1. The second-order valence-corrected chi connectivity index (χ2v) is 10.1. The maximum absolute atomic E-state index is 13.7. The summed E-state index contributed by atoms with van der Waals surface area (Å²) in [6, 6.07) is 22.1. The predicted octanol–water partition coefficient (Wildman–Crippen LogP) is 4.40. The van der Waals surface area contributed by atoms with Crippen LogP contribution >= 0.6 is 11.3 Å². The van der Waals surface area contributed by atoms with Crippen molar-refractivity contribution in [3.63, 3.8) is 0 Å². The van der Waals surface area contributed by atoms with Crippen LogP contribution in [0.1, 0.15) is 22.3 Å². The van der Waals surface area contributed by atoms with E-state index in [9.17, 15) is 19.2 Å². The van der Waals surface area contributed by atoms with E-state index in [0.717, 1.165) is 11.3 Å². The van der Waals surface area contributed by atoms with Crippen LogP contribution in [0.15, 0.2) is 84.2 Å². The molecule has 4 aromatic rings. The Morgan fingerprint density at radius 1 is 1.00 bits per heavy atom. The number of hydrogen-bond donors (Lipinski definition) is 1. The van der Waals surface area contributed by atoms with E-state index in [1.807, 2.05) is 35.7 Å². The summed E-state index contributed by atoms with van der Waals surface area (Å²) in [6.45, 7) is 1.27. The molecule has 1 atom stereocenters. The number of ether oxygens (including phenoxy) is 1. The van der Waals surface area contributed by atoms with Gasteiger partial charge in [-0.25, -0.2) is 4.98 Å². The number of carbonyl (C=O) groups is 4. The molecule has 0 aliphatic carbocycles. The van der Waals surface area contributed by atoms with Gasteiger partial charge in [-0.05, 0) is 43.3 Å². The molecule has 1 aliphatic heterocycles. The number of carbonyl (C=O) groups excluding carboxylic acids is 4. The summed E-state index contributed by atoms with van der Waals surface area (Å²) in [5.74, 6) is -1.70. The largest absolute Gasteiger partial charge is 0.497 e. The Kier molecular flexibility index (Phi) is 7.70. The molecule has 10 heteroatoms. The first-order valence-electron chi connectivity index (χ1n) is 12.5. The number of anilines is 2. The Hall–Kier alpha value is -4.83. The SMILES string of the molecule is COc1ccc(NC(=O)C(C)N(Cc2nc(-c3ccccc3)cs2)C(=O)CN2C(=O)C(=O)c3ccccc32)cc1. The van der Waals surface area contributed by atoms with Crippen LogP contribution in [-0.4, -0.2) is 53.1 Å². The predicted molar refractivity (Wildman–Crippen MR) is 152 cm³/mol. The lowest BCUT2D eigenvalue weighted by atomic mass is 10.1. The van der Waals surface area contributed by atoms with E-state index in [1.165, 1.54) is 21.1 Å². The molecule has 2 heterocycles. The van der Waals surface area contributed by atoms with Crippen molar-refractivity contribution in [3.8, 4) is 17.0 Å². The first-order chi connectivity index (χ1) is 19.4. The number of rotatable bonds is 9. The highest BCUT2D eigenvalue weighted by molar-refractivity contribution is 7.09. The van der Waals surface area contributed by atoms with Crippen LogP contribution in [0.5, 0.6) is 5.75 Å². The van der Waals surface area contributed by atoms with E-state index in [-0.39, 0.29) is 12.1 Å². The zero-order chi connectivity index (χ0) is 28.2. The third-order valence-corrected chi connectivity index (χ3v) is 7.46. The highest BCUT2D eigenvalue weighted by Crippen LogP contribution is 2.29. The monoisotopic (exact) mass is 554 g/mol. The van der Waals surface area contributed by atoms with Crippen molar-refractivity contribution in [1.82, 2.24) is 9.88 Å². The minimum absolute atomic E-state index is 0.0468. The van der Waals surface area contributed by atoms with Crippen molar-refractivity contribution in [2.75, 3.05) is 23.9 Å². The van der Waals surface area contributed by atoms with Gasteiger partial charge in [0.05, 0.1) is 30.6 Å². The van der Waals surface area contributed by atoms with Crippen LogP contribution in [0.25, 0.3) is 11.3 Å². The lowest BCUT2D eigenvalue weighted by Gasteiger charge is -2.29. The Morgan fingerprint density at radius 2 is 1.70 bits per heavy atom. The van der Waals surface area contributed by atoms with Crippen LogP contribution < -0.4 is 15.0 Å². The molecular formula is C30H26N4O5S. The molecule has 0 spiro atoms. The number of para-hydroxylation sites is 1. The summed E-state index contributed by atoms with van der Waals surface area (Å²) in [5.41, 5.74) is 2.87. The number of fused-ring (bicyclic) bond motifs is 1. The molecule has 1 unspecified atom stereocenters. The first kappa shape index (κ1) is 26.8. The van der Waals surface area contributed by atoms with E-state index < -0.39 is 36.1 Å². The number of amides is 3. The fourth-order valence-electron chi connectivity index (χ4n) is 4.41. The minimum Gasteiger partial charge on any atom is -0.497 e. The number of nitrogens with one attached hydrogen (secondary N) is 1. The lowest BCUT2D eigenvalue weighted by molar-refractivity contribution is -0.138. The van der Waals surface area contributed by atoms with Gasteiger partial charge in [0.25, 0.3) is 11.7 Å². The normalized spacial score (nSPS) is 13.1. The Labute approximate surface area is 235 Å². The maximum Gasteiger partial charge on any atom is 0.299 e. The van der Waals surface area contributed by atoms with Crippen molar-refractivity contribution >= 4 is 46.2 Å². The van der Waals surface area contributed by atoms with Gasteiger partial charge >= 0.3 is 0 Å². The van der Waals surface area contributed by atoms with Gasteiger partial charge in [-0.2, -0.15) is 0 Å². The number of nitrogens with zero attached hydrogens (tertiary/aromatic N) is 3. The van der Waals surface area contributed by atoms with Gasteiger partial charge in [0.2, 0.25) is 11.8 Å². The van der Waals surface area contributed by atoms with E-state index in [0.29, 0.717) is 22.1 Å². The molecule has 1 aliphatic rings. The maximum atomic E-state index is 13.7. The fourth-order valence-corrected chi connectivity index (χ4v) is 5.21. The third kappa shape index (κ3) is 5.48. The van der Waals surface area contributed by atoms with Gasteiger partial charge in [-0.3, -0.25) is 24.1 Å². The molecule has 0 fully saturated rings. The van der Waals surface area contributed by atoms with Gasteiger partial charge in [0, 0.05) is 16.6 Å². The molecular weight excluding hydrogens is 528 g/mol. The smallest absolute Gasteiger partial charge is 0.299 e. The van der Waals surface area contributed by atoms with Crippen LogP contribution in [0.2, 0.25) is 0 Å². The van der Waals surface area contributed by atoms with Crippen molar-refractivity contribution in [1.29, 1.82) is 0 Å². The molecule has 0 radical (unpaired) electrons. The molecule has 0 saturated carbocycles. The number of hydrogen-bond acceptors (Lipinski definition) is 7. The van der Waals surface area contributed by atoms with Crippen LogP contribution in [0.3, 0.4) is 0 Å². The second kappa shape index (κ2) is 11.5. The molecule has 40 heavy (non-hydrogen) atoms. The summed E-state index contributed by atoms with van der Waals surface area (Å²) in [7, 11) is 1.55. The van der Waals surface area contributed by atoms with Gasteiger partial charge in [-0.1, -0.05) is 42.5 Å². The van der Waals surface area contributed by atoms with Gasteiger partial charge in [0.1, 0.15) is 23.3 Å². The first-order valence-corrected chi connectivity index (χ1v) is 13.4. The topological polar surface area (TPSA) is 109 Å². The van der Waals surface area contributed by atoms with Gasteiger partial charge in [0.15, 0.2) is 0 Å². The van der Waals surface area contributed by atoms with E-state index in [2.05, 4.69) is 10.3 Å². The molecule has 9 nitrogen and oxygen atoms in total. The van der Waals surface area contributed by atoms with Crippen LogP contribution in [0, 0.1) is 0 Å². The minimum atomic E-state index is -0.915. The molecule has 0 saturated heterocycles. The average Bonchev–Trinajstić information content (AvgIpc) is 3.55. The summed E-state index contributed by atoms with van der Waals surface area (Å²) in [6.07, 6.45) is 0. The molecule has 0 bridgehead atoms.